The van der Waals surface area contributed by atoms with Gasteiger partial charge in [0.2, 0.25) is 5.91 Å². The number of anilines is 1. The van der Waals surface area contributed by atoms with Gasteiger partial charge < -0.3 is 14.8 Å². The summed E-state index contributed by atoms with van der Waals surface area (Å²) in [5, 5.41) is 10.8. The molecule has 2 aromatic rings. The molecule has 24 heavy (non-hydrogen) atoms. The van der Waals surface area contributed by atoms with Crippen molar-refractivity contribution in [1.29, 1.82) is 0 Å². The fourth-order valence-corrected chi connectivity index (χ4v) is 3.26. The van der Waals surface area contributed by atoms with Crippen molar-refractivity contribution in [2.45, 2.75) is 38.6 Å². The fraction of sp³-hybridized carbons (Fsp3) is 0.500. The monoisotopic (exact) mass is 327 g/mol. The van der Waals surface area contributed by atoms with E-state index in [1.807, 2.05) is 11.6 Å². The quantitative estimate of drug-likeness (QED) is 0.877. The topological polar surface area (TPSA) is 63.1 Å². The van der Waals surface area contributed by atoms with E-state index in [0.717, 1.165) is 25.2 Å². The molecule has 128 valence electrons. The van der Waals surface area contributed by atoms with Crippen molar-refractivity contribution < 1.29 is 4.79 Å². The van der Waals surface area contributed by atoms with Crippen LogP contribution in [0.15, 0.2) is 30.6 Å². The summed E-state index contributed by atoms with van der Waals surface area (Å²) in [5.74, 6) is 0.973. The molecule has 1 aliphatic rings. The Morgan fingerprint density at radius 1 is 1.38 bits per heavy atom. The number of nitrogens with one attached hydrogen (secondary N) is 1. The van der Waals surface area contributed by atoms with Crippen LogP contribution in [0, 0.1) is 0 Å². The van der Waals surface area contributed by atoms with Gasteiger partial charge in [-0.2, -0.15) is 0 Å². The number of carbonyl (C=O) groups is 1. The molecule has 3 rings (SSSR count). The standard InChI is InChI=1S/C18H25N5O/c1-14-7-8-15-5-3-4-6-16(15)23(14)12-10-18(24)19-11-9-17-21-20-13-22(17)2/h3-6,13-14H,7-12H2,1-2H3,(H,19,24). The maximum Gasteiger partial charge on any atom is 0.221 e. The SMILES string of the molecule is CC1CCc2ccccc2N1CCC(=O)NCCc1nncn1C. The molecular formula is C18H25N5O. The molecule has 0 aliphatic carbocycles. The van der Waals surface area contributed by atoms with Crippen LogP contribution >= 0.6 is 0 Å². The molecule has 2 heterocycles. The molecule has 1 aromatic heterocycles. The van der Waals surface area contributed by atoms with Gasteiger partial charge in [-0.25, -0.2) is 0 Å². The Hall–Kier alpha value is -2.37. The average Bonchev–Trinajstić information content (AvgIpc) is 2.99. The number of nitrogens with zero attached hydrogens (tertiary/aromatic N) is 4. The van der Waals surface area contributed by atoms with Gasteiger partial charge >= 0.3 is 0 Å². The van der Waals surface area contributed by atoms with Gasteiger partial charge in [0, 0.05) is 44.7 Å². The van der Waals surface area contributed by atoms with Gasteiger partial charge in [0.05, 0.1) is 0 Å². The minimum absolute atomic E-state index is 0.0902. The van der Waals surface area contributed by atoms with E-state index in [4.69, 9.17) is 0 Å². The van der Waals surface area contributed by atoms with Gasteiger partial charge in [0.25, 0.3) is 0 Å². The minimum atomic E-state index is 0.0902. The maximum atomic E-state index is 12.1. The van der Waals surface area contributed by atoms with Crippen LogP contribution in [0.1, 0.15) is 31.2 Å². The Morgan fingerprint density at radius 3 is 3.00 bits per heavy atom. The highest BCUT2D eigenvalue weighted by Gasteiger charge is 2.22. The van der Waals surface area contributed by atoms with Crippen molar-refractivity contribution >= 4 is 11.6 Å². The molecule has 1 unspecified atom stereocenters. The van der Waals surface area contributed by atoms with Gasteiger partial charge in [-0.1, -0.05) is 18.2 Å². The van der Waals surface area contributed by atoms with Crippen LogP contribution in [0.5, 0.6) is 0 Å². The summed E-state index contributed by atoms with van der Waals surface area (Å²) < 4.78 is 1.87. The molecule has 1 N–H and O–H groups in total. The van der Waals surface area contributed by atoms with Crippen LogP contribution in [-0.4, -0.2) is 39.8 Å². The molecule has 0 spiro atoms. The third kappa shape index (κ3) is 3.75. The summed E-state index contributed by atoms with van der Waals surface area (Å²) >= 11 is 0. The third-order valence-electron chi connectivity index (χ3n) is 4.72. The molecule has 1 amide bonds. The number of rotatable bonds is 6. The van der Waals surface area contributed by atoms with E-state index >= 15 is 0 Å². The number of carbonyl (C=O) groups excluding carboxylic acids is 1. The number of fused-ring (bicyclic) bond motifs is 1. The number of aromatic nitrogens is 3. The summed E-state index contributed by atoms with van der Waals surface area (Å²) in [4.78, 5) is 14.5. The highest BCUT2D eigenvalue weighted by Crippen LogP contribution is 2.30. The minimum Gasteiger partial charge on any atom is -0.368 e. The van der Waals surface area contributed by atoms with E-state index < -0.39 is 0 Å². The van der Waals surface area contributed by atoms with E-state index in [1.165, 1.54) is 11.3 Å². The fourth-order valence-electron chi connectivity index (χ4n) is 3.26. The van der Waals surface area contributed by atoms with Crippen molar-refractivity contribution in [1.82, 2.24) is 20.1 Å². The zero-order valence-corrected chi connectivity index (χ0v) is 14.4. The van der Waals surface area contributed by atoms with Gasteiger partial charge in [-0.15, -0.1) is 10.2 Å². The first-order valence-electron chi connectivity index (χ1n) is 8.59. The number of amides is 1. The molecule has 0 saturated carbocycles. The van der Waals surface area contributed by atoms with Crippen LogP contribution in [0.2, 0.25) is 0 Å². The van der Waals surface area contributed by atoms with Crippen LogP contribution < -0.4 is 10.2 Å². The number of para-hydroxylation sites is 1. The molecule has 0 fully saturated rings. The Balaban J connectivity index is 1.48. The molecular weight excluding hydrogens is 302 g/mol. The van der Waals surface area contributed by atoms with E-state index in [9.17, 15) is 4.79 Å². The molecule has 6 heteroatoms. The van der Waals surface area contributed by atoms with Gasteiger partial charge in [-0.3, -0.25) is 4.79 Å². The largest absolute Gasteiger partial charge is 0.368 e. The second-order valence-electron chi connectivity index (χ2n) is 6.42. The zero-order valence-electron chi connectivity index (χ0n) is 14.4. The average molecular weight is 327 g/mol. The van der Waals surface area contributed by atoms with Crippen molar-refractivity contribution in [3.8, 4) is 0 Å². The lowest BCUT2D eigenvalue weighted by atomic mass is 9.96. The summed E-state index contributed by atoms with van der Waals surface area (Å²) in [7, 11) is 1.91. The van der Waals surface area contributed by atoms with Crippen molar-refractivity contribution in [3.05, 3.63) is 42.0 Å². The van der Waals surface area contributed by atoms with E-state index in [0.29, 0.717) is 25.4 Å². The molecule has 6 nitrogen and oxygen atoms in total. The summed E-state index contributed by atoms with van der Waals surface area (Å²) in [5.41, 5.74) is 2.67. The molecule has 0 saturated heterocycles. The lowest BCUT2D eigenvalue weighted by Gasteiger charge is -2.37. The summed E-state index contributed by atoms with van der Waals surface area (Å²) in [6.07, 6.45) is 5.15. The highest BCUT2D eigenvalue weighted by molar-refractivity contribution is 5.76. The number of hydrogen-bond donors (Lipinski definition) is 1. The van der Waals surface area contributed by atoms with E-state index in [-0.39, 0.29) is 5.91 Å². The first kappa shape index (κ1) is 16.5. The molecule has 1 atom stereocenters. The zero-order chi connectivity index (χ0) is 16.9. The van der Waals surface area contributed by atoms with Crippen molar-refractivity contribution in [2.24, 2.45) is 7.05 Å². The Labute approximate surface area is 142 Å². The summed E-state index contributed by atoms with van der Waals surface area (Å²) in [6, 6.07) is 9.00. The van der Waals surface area contributed by atoms with Crippen LogP contribution in [-0.2, 0) is 24.7 Å². The lowest BCUT2D eigenvalue weighted by molar-refractivity contribution is -0.120. The molecule has 1 aromatic carbocycles. The Bertz CT molecular complexity index is 696. The maximum absolute atomic E-state index is 12.1. The first-order valence-corrected chi connectivity index (χ1v) is 8.59. The van der Waals surface area contributed by atoms with Gasteiger partial charge in [-0.05, 0) is 31.4 Å². The van der Waals surface area contributed by atoms with Crippen LogP contribution in [0.3, 0.4) is 0 Å². The van der Waals surface area contributed by atoms with Crippen LogP contribution in [0.4, 0.5) is 5.69 Å². The Morgan fingerprint density at radius 2 is 2.21 bits per heavy atom. The molecule has 1 aliphatic heterocycles. The van der Waals surface area contributed by atoms with E-state index in [2.05, 4.69) is 51.6 Å². The molecule has 0 radical (unpaired) electrons. The third-order valence-corrected chi connectivity index (χ3v) is 4.72. The predicted octanol–water partition coefficient (Wildman–Crippen LogP) is 1.71. The Kier molecular flexibility index (Phi) is 5.13. The first-order chi connectivity index (χ1) is 11.6. The second kappa shape index (κ2) is 7.47. The number of benzene rings is 1. The van der Waals surface area contributed by atoms with Crippen molar-refractivity contribution in [2.75, 3.05) is 18.0 Å². The lowest BCUT2D eigenvalue weighted by Crippen LogP contribution is -2.40. The van der Waals surface area contributed by atoms with Crippen molar-refractivity contribution in [3.63, 3.8) is 0 Å². The van der Waals surface area contributed by atoms with Gasteiger partial charge in [0.1, 0.15) is 12.2 Å². The summed E-state index contributed by atoms with van der Waals surface area (Å²) in [6.45, 7) is 3.59. The highest BCUT2D eigenvalue weighted by atomic mass is 16.1. The molecule has 0 bridgehead atoms. The van der Waals surface area contributed by atoms with E-state index in [1.54, 1.807) is 6.33 Å². The smallest absolute Gasteiger partial charge is 0.221 e. The normalized spacial score (nSPS) is 16.8. The number of hydrogen-bond acceptors (Lipinski definition) is 4. The second-order valence-corrected chi connectivity index (χ2v) is 6.42. The van der Waals surface area contributed by atoms with Crippen LogP contribution in [0.25, 0.3) is 0 Å². The predicted molar refractivity (Wildman–Crippen MR) is 93.9 cm³/mol. The number of aryl methyl sites for hydroxylation is 2. The van der Waals surface area contributed by atoms with Gasteiger partial charge in [0.15, 0.2) is 0 Å².